The number of nitrogens with one attached hydrogen (secondary N) is 1. The highest BCUT2D eigenvalue weighted by Crippen LogP contribution is 1.86. The molecule has 0 radical (unpaired) electrons. The number of amidine groups is 1. The van der Waals surface area contributed by atoms with Crippen LogP contribution < -0.4 is 5.06 Å². The predicted octanol–water partition coefficient (Wildman–Crippen LogP) is -0.419. The van der Waals surface area contributed by atoms with Gasteiger partial charge in [0.05, 0.1) is 13.1 Å². The lowest BCUT2D eigenvalue weighted by atomic mass is 10.3. The number of aliphatic imine (C=N–C) groups is 1. The zero-order valence-electron chi connectivity index (χ0n) is 5.68. The maximum atomic E-state index is 10.9. The van der Waals surface area contributed by atoms with E-state index in [9.17, 15) is 5.21 Å². The minimum atomic E-state index is 0.253. The molecule has 0 fully saturated rings. The van der Waals surface area contributed by atoms with Gasteiger partial charge in [-0.1, -0.05) is 6.92 Å². The second-order valence-corrected chi connectivity index (χ2v) is 2.21. The van der Waals surface area contributed by atoms with Crippen LogP contribution in [0, 0.1) is 5.21 Å². The van der Waals surface area contributed by atoms with Crippen molar-refractivity contribution >= 4 is 5.84 Å². The lowest BCUT2D eigenvalue weighted by molar-refractivity contribution is -0.752. The van der Waals surface area contributed by atoms with Gasteiger partial charge < -0.3 is 10.3 Å². The lowest BCUT2D eigenvalue weighted by Crippen LogP contribution is -3.10. The Balaban J connectivity index is 2.53. The fourth-order valence-corrected chi connectivity index (χ4v) is 0.995. The summed E-state index contributed by atoms with van der Waals surface area (Å²) in [5, 5.41) is 11.1. The molecule has 3 nitrogen and oxygen atoms in total. The summed E-state index contributed by atoms with van der Waals surface area (Å²) >= 11 is 0. The van der Waals surface area contributed by atoms with Crippen molar-refractivity contribution in [3.8, 4) is 0 Å². The van der Waals surface area contributed by atoms with Crippen molar-refractivity contribution in [1.82, 2.24) is 0 Å². The Labute approximate surface area is 55.0 Å². The molecule has 1 unspecified atom stereocenters. The van der Waals surface area contributed by atoms with E-state index in [4.69, 9.17) is 0 Å². The van der Waals surface area contributed by atoms with Crippen molar-refractivity contribution in [2.24, 2.45) is 4.99 Å². The van der Waals surface area contributed by atoms with Gasteiger partial charge in [-0.25, -0.2) is 4.99 Å². The van der Waals surface area contributed by atoms with Gasteiger partial charge >= 0.3 is 0 Å². The minimum absolute atomic E-state index is 0.253. The topological polar surface area (TPSA) is 39.9 Å². The Morgan fingerprint density at radius 3 is 3.00 bits per heavy atom. The zero-order chi connectivity index (χ0) is 6.69. The summed E-state index contributed by atoms with van der Waals surface area (Å²) in [6, 6.07) is 0. The molecule has 0 spiro atoms. The number of hydroxylamine groups is 2. The van der Waals surface area contributed by atoms with Gasteiger partial charge in [0.15, 0.2) is 5.84 Å². The molecule has 0 aromatic heterocycles. The maximum absolute atomic E-state index is 10.9. The SMILES string of the molecule is CCC1=NCCC[NH+]1[O-]. The Hall–Kier alpha value is -0.410. The summed E-state index contributed by atoms with van der Waals surface area (Å²) in [4.78, 5) is 4.10. The first-order valence-corrected chi connectivity index (χ1v) is 3.41. The fourth-order valence-electron chi connectivity index (χ4n) is 0.995. The van der Waals surface area contributed by atoms with Crippen molar-refractivity contribution in [2.45, 2.75) is 19.8 Å². The van der Waals surface area contributed by atoms with E-state index in [1.807, 2.05) is 6.92 Å². The Morgan fingerprint density at radius 1 is 1.78 bits per heavy atom. The highest BCUT2D eigenvalue weighted by Gasteiger charge is 2.09. The third kappa shape index (κ3) is 1.50. The van der Waals surface area contributed by atoms with Gasteiger partial charge in [-0.2, -0.15) is 0 Å². The number of hydrogen-bond donors (Lipinski definition) is 1. The van der Waals surface area contributed by atoms with Crippen molar-refractivity contribution < 1.29 is 5.06 Å². The first-order valence-electron chi connectivity index (χ1n) is 3.41. The van der Waals surface area contributed by atoms with Crippen LogP contribution in [-0.4, -0.2) is 18.9 Å². The largest absolute Gasteiger partial charge is 0.628 e. The highest BCUT2D eigenvalue weighted by atomic mass is 16.5. The van der Waals surface area contributed by atoms with Crippen molar-refractivity contribution in [3.05, 3.63) is 5.21 Å². The van der Waals surface area contributed by atoms with Gasteiger partial charge in [0.2, 0.25) is 0 Å². The summed E-state index contributed by atoms with van der Waals surface area (Å²) < 4.78 is 0. The van der Waals surface area contributed by atoms with Crippen LogP contribution in [-0.2, 0) is 0 Å². The number of hydrogen-bond acceptors (Lipinski definition) is 2. The summed E-state index contributed by atoms with van der Waals surface area (Å²) in [5.74, 6) is 0.793. The molecule has 0 aromatic carbocycles. The molecule has 0 aromatic rings. The molecule has 0 aliphatic carbocycles. The first-order chi connectivity index (χ1) is 4.34. The molecule has 0 amide bonds. The zero-order valence-corrected chi connectivity index (χ0v) is 5.68. The van der Waals surface area contributed by atoms with Crippen LogP contribution in [0.2, 0.25) is 0 Å². The molecule has 3 heteroatoms. The predicted molar refractivity (Wildman–Crippen MR) is 36.4 cm³/mol. The molecule has 0 saturated heterocycles. The molecule has 1 rings (SSSR count). The van der Waals surface area contributed by atoms with Crippen LogP contribution in [0.4, 0.5) is 0 Å². The quantitative estimate of drug-likeness (QED) is 0.479. The van der Waals surface area contributed by atoms with Crippen LogP contribution in [0.5, 0.6) is 0 Å². The molecule has 0 bridgehead atoms. The van der Waals surface area contributed by atoms with Crippen molar-refractivity contribution in [3.63, 3.8) is 0 Å². The minimum Gasteiger partial charge on any atom is -0.628 e. The van der Waals surface area contributed by atoms with E-state index >= 15 is 0 Å². The average molecular weight is 128 g/mol. The number of quaternary nitrogens is 1. The summed E-state index contributed by atoms with van der Waals surface area (Å²) in [6.07, 6.45) is 1.75. The van der Waals surface area contributed by atoms with Crippen LogP contribution in [0.1, 0.15) is 19.8 Å². The molecule has 1 aliphatic heterocycles. The highest BCUT2D eigenvalue weighted by molar-refractivity contribution is 5.73. The molecule has 1 atom stereocenters. The molecular formula is C6H12N2O. The monoisotopic (exact) mass is 128 g/mol. The van der Waals surface area contributed by atoms with Gasteiger partial charge in [0.1, 0.15) is 0 Å². The summed E-state index contributed by atoms with van der Waals surface area (Å²) in [6.45, 7) is 3.55. The summed E-state index contributed by atoms with van der Waals surface area (Å²) in [5.41, 5.74) is 0. The Kier molecular flexibility index (Phi) is 2.19. The van der Waals surface area contributed by atoms with Gasteiger partial charge in [0, 0.05) is 12.8 Å². The molecule has 52 valence electrons. The molecular weight excluding hydrogens is 116 g/mol. The maximum Gasteiger partial charge on any atom is 0.196 e. The Morgan fingerprint density at radius 2 is 2.56 bits per heavy atom. The second kappa shape index (κ2) is 2.94. The van der Waals surface area contributed by atoms with E-state index in [0.29, 0.717) is 6.54 Å². The molecule has 9 heavy (non-hydrogen) atoms. The molecule has 0 saturated carbocycles. The van der Waals surface area contributed by atoms with E-state index in [1.165, 1.54) is 0 Å². The van der Waals surface area contributed by atoms with E-state index in [-0.39, 0.29) is 5.06 Å². The van der Waals surface area contributed by atoms with Crippen LogP contribution in [0.3, 0.4) is 0 Å². The standard InChI is InChI=1S/C6H12N2O/c1-2-6-7-4-3-5-8(6)9/h8H,2-5H2,1H3. The molecule has 1 aliphatic rings. The van der Waals surface area contributed by atoms with E-state index < -0.39 is 0 Å². The van der Waals surface area contributed by atoms with Crippen LogP contribution in [0.25, 0.3) is 0 Å². The summed E-state index contributed by atoms with van der Waals surface area (Å²) in [7, 11) is 0. The fraction of sp³-hybridized carbons (Fsp3) is 0.833. The Bertz CT molecular complexity index is 122. The first kappa shape index (κ1) is 6.71. The van der Waals surface area contributed by atoms with Gasteiger partial charge in [0.25, 0.3) is 0 Å². The van der Waals surface area contributed by atoms with E-state index in [2.05, 4.69) is 4.99 Å². The van der Waals surface area contributed by atoms with Crippen molar-refractivity contribution in [2.75, 3.05) is 13.1 Å². The van der Waals surface area contributed by atoms with Crippen molar-refractivity contribution in [1.29, 1.82) is 0 Å². The third-order valence-electron chi connectivity index (χ3n) is 1.52. The molecule has 1 heterocycles. The van der Waals surface area contributed by atoms with Gasteiger partial charge in [-0.15, -0.1) is 0 Å². The number of rotatable bonds is 1. The van der Waals surface area contributed by atoms with Crippen LogP contribution in [0.15, 0.2) is 4.99 Å². The lowest BCUT2D eigenvalue weighted by Gasteiger charge is -2.25. The van der Waals surface area contributed by atoms with E-state index in [0.717, 1.165) is 25.2 Å². The smallest absolute Gasteiger partial charge is 0.196 e. The number of nitrogens with zero attached hydrogens (tertiary/aromatic N) is 1. The van der Waals surface area contributed by atoms with Gasteiger partial charge in [-0.05, 0) is 0 Å². The molecule has 1 N–H and O–H groups in total. The third-order valence-corrected chi connectivity index (χ3v) is 1.52. The van der Waals surface area contributed by atoms with Crippen LogP contribution >= 0.6 is 0 Å². The average Bonchev–Trinajstić information content (AvgIpc) is 1.89. The second-order valence-electron chi connectivity index (χ2n) is 2.21. The van der Waals surface area contributed by atoms with E-state index in [1.54, 1.807) is 0 Å². The normalized spacial score (nSPS) is 27.8. The van der Waals surface area contributed by atoms with Gasteiger partial charge in [-0.3, -0.25) is 0 Å².